The van der Waals surface area contributed by atoms with Crippen molar-refractivity contribution in [2.24, 2.45) is 0 Å². The molecule has 0 aliphatic rings. The first-order valence-electron chi connectivity index (χ1n) is 8.69. The molecule has 1 heterocycles. The molecule has 0 saturated heterocycles. The van der Waals surface area contributed by atoms with Crippen LogP contribution < -0.4 is 10.1 Å². The van der Waals surface area contributed by atoms with Crippen LogP contribution in [0, 0.1) is 13.8 Å². The Balaban J connectivity index is 1.86. The lowest BCUT2D eigenvalue weighted by molar-refractivity contribution is -0.0501. The number of carbonyl (C=O) groups excluding carboxylic acids is 1. The maximum absolute atomic E-state index is 12.8. The van der Waals surface area contributed by atoms with Crippen molar-refractivity contribution in [2.45, 2.75) is 27.0 Å². The summed E-state index contributed by atoms with van der Waals surface area (Å²) in [7, 11) is 0. The van der Waals surface area contributed by atoms with Crippen LogP contribution in [0.5, 0.6) is 5.75 Å². The number of halogens is 5. The molecule has 1 amide bonds. The molecule has 0 unspecified atom stereocenters. The van der Waals surface area contributed by atoms with Gasteiger partial charge in [0.25, 0.3) is 5.91 Å². The summed E-state index contributed by atoms with van der Waals surface area (Å²) in [6, 6.07) is 9.51. The van der Waals surface area contributed by atoms with E-state index in [1.165, 1.54) is 18.2 Å². The Morgan fingerprint density at radius 1 is 1.20 bits per heavy atom. The van der Waals surface area contributed by atoms with Crippen LogP contribution >= 0.6 is 39.1 Å². The smallest absolute Gasteiger partial charge is 0.387 e. The van der Waals surface area contributed by atoms with Gasteiger partial charge in [0.1, 0.15) is 5.75 Å². The van der Waals surface area contributed by atoms with Crippen molar-refractivity contribution >= 4 is 50.7 Å². The zero-order valence-corrected chi connectivity index (χ0v) is 18.9. The molecule has 0 aliphatic heterocycles. The number of benzene rings is 2. The second-order valence-electron chi connectivity index (χ2n) is 6.43. The lowest BCUT2D eigenvalue weighted by Crippen LogP contribution is -2.16. The molecule has 3 aromatic rings. The van der Waals surface area contributed by atoms with Crippen LogP contribution in [0.3, 0.4) is 0 Å². The molecule has 5 nitrogen and oxygen atoms in total. The van der Waals surface area contributed by atoms with Gasteiger partial charge in [-0.25, -0.2) is 0 Å². The quantitative estimate of drug-likeness (QED) is 0.406. The van der Waals surface area contributed by atoms with Crippen molar-refractivity contribution in [3.8, 4) is 5.75 Å². The molecule has 0 radical (unpaired) electrons. The third-order valence-electron chi connectivity index (χ3n) is 4.34. The van der Waals surface area contributed by atoms with Crippen LogP contribution in [0.15, 0.2) is 40.9 Å². The zero-order chi connectivity index (χ0) is 22.0. The molecule has 0 aliphatic carbocycles. The maximum Gasteiger partial charge on any atom is 0.387 e. The van der Waals surface area contributed by atoms with E-state index < -0.39 is 12.5 Å². The molecule has 0 saturated carbocycles. The molecule has 0 atom stereocenters. The van der Waals surface area contributed by atoms with E-state index >= 15 is 0 Å². The lowest BCUT2D eigenvalue weighted by atomic mass is 10.1. The van der Waals surface area contributed by atoms with Gasteiger partial charge >= 0.3 is 6.61 Å². The number of nitrogens with one attached hydrogen (secondary N) is 1. The standard InChI is InChI=1S/C20H16BrCl2F2N3O2/c1-10-18(11(2)28(27-10)9-12-3-5-15(22)16(23)7-12)26-19(29)14-8-13(21)4-6-17(14)30-20(24)25/h3-8,20H,9H2,1-2H3,(H,26,29). The summed E-state index contributed by atoms with van der Waals surface area (Å²) < 4.78 is 32.1. The summed E-state index contributed by atoms with van der Waals surface area (Å²) in [6.45, 7) is 0.904. The van der Waals surface area contributed by atoms with Crippen molar-refractivity contribution in [1.29, 1.82) is 0 Å². The Hall–Kier alpha value is -2.16. The van der Waals surface area contributed by atoms with Gasteiger partial charge in [0.15, 0.2) is 0 Å². The number of rotatable bonds is 6. The highest BCUT2D eigenvalue weighted by Crippen LogP contribution is 2.28. The summed E-state index contributed by atoms with van der Waals surface area (Å²) in [5, 5.41) is 8.10. The molecule has 1 N–H and O–H groups in total. The van der Waals surface area contributed by atoms with Gasteiger partial charge in [-0.15, -0.1) is 0 Å². The van der Waals surface area contributed by atoms with Gasteiger partial charge < -0.3 is 10.1 Å². The normalized spacial score (nSPS) is 11.1. The van der Waals surface area contributed by atoms with Crippen molar-refractivity contribution in [1.82, 2.24) is 9.78 Å². The topological polar surface area (TPSA) is 56.2 Å². The molecule has 0 fully saturated rings. The van der Waals surface area contributed by atoms with Crippen LogP contribution in [0.4, 0.5) is 14.5 Å². The summed E-state index contributed by atoms with van der Waals surface area (Å²) in [5.74, 6) is -0.809. The van der Waals surface area contributed by atoms with E-state index in [0.717, 1.165) is 5.56 Å². The highest BCUT2D eigenvalue weighted by atomic mass is 79.9. The maximum atomic E-state index is 12.8. The Kier molecular flexibility index (Phi) is 7.00. The van der Waals surface area contributed by atoms with Crippen LogP contribution in [0.25, 0.3) is 0 Å². The Labute approximate surface area is 190 Å². The third kappa shape index (κ3) is 5.11. The number of aryl methyl sites for hydroxylation is 1. The minimum atomic E-state index is -3.05. The fourth-order valence-corrected chi connectivity index (χ4v) is 3.58. The fourth-order valence-electron chi connectivity index (χ4n) is 2.90. The zero-order valence-electron chi connectivity index (χ0n) is 15.8. The summed E-state index contributed by atoms with van der Waals surface area (Å²) in [4.78, 5) is 12.8. The van der Waals surface area contributed by atoms with Crippen LogP contribution in [-0.2, 0) is 6.54 Å². The van der Waals surface area contributed by atoms with Gasteiger partial charge in [0.05, 0.1) is 39.2 Å². The Morgan fingerprint density at radius 2 is 1.93 bits per heavy atom. The first-order valence-corrected chi connectivity index (χ1v) is 10.2. The van der Waals surface area contributed by atoms with Gasteiger partial charge in [-0.1, -0.05) is 45.2 Å². The number of anilines is 1. The number of hydrogen-bond donors (Lipinski definition) is 1. The molecular formula is C20H16BrCl2F2N3O2. The van der Waals surface area contributed by atoms with Crippen molar-refractivity contribution in [3.63, 3.8) is 0 Å². The molecule has 158 valence electrons. The average Bonchev–Trinajstić information content (AvgIpc) is 2.93. The van der Waals surface area contributed by atoms with Crippen molar-refractivity contribution in [2.75, 3.05) is 5.32 Å². The molecule has 1 aromatic heterocycles. The molecule has 3 rings (SSSR count). The minimum Gasteiger partial charge on any atom is -0.434 e. The first-order chi connectivity index (χ1) is 14.2. The van der Waals surface area contributed by atoms with Crippen LogP contribution in [0.1, 0.15) is 27.3 Å². The van der Waals surface area contributed by atoms with E-state index in [0.29, 0.717) is 38.1 Å². The van der Waals surface area contributed by atoms with E-state index in [2.05, 4.69) is 31.1 Å². The monoisotopic (exact) mass is 517 g/mol. The fraction of sp³-hybridized carbons (Fsp3) is 0.200. The van der Waals surface area contributed by atoms with E-state index in [1.54, 1.807) is 30.7 Å². The molecule has 0 spiro atoms. The van der Waals surface area contributed by atoms with E-state index in [-0.39, 0.29) is 11.3 Å². The number of carbonyl (C=O) groups is 1. The van der Waals surface area contributed by atoms with E-state index in [4.69, 9.17) is 23.2 Å². The van der Waals surface area contributed by atoms with Gasteiger partial charge in [-0.05, 0) is 49.7 Å². The number of ether oxygens (including phenoxy) is 1. The number of aromatic nitrogens is 2. The number of hydrogen-bond acceptors (Lipinski definition) is 3. The molecule has 2 aromatic carbocycles. The molecule has 10 heteroatoms. The third-order valence-corrected chi connectivity index (χ3v) is 5.57. The number of nitrogens with zero attached hydrogens (tertiary/aromatic N) is 2. The number of amides is 1. The predicted molar refractivity (Wildman–Crippen MR) is 116 cm³/mol. The highest BCUT2D eigenvalue weighted by molar-refractivity contribution is 9.10. The summed E-state index contributed by atoms with van der Waals surface area (Å²) >= 11 is 15.3. The SMILES string of the molecule is Cc1nn(Cc2ccc(Cl)c(Cl)c2)c(C)c1NC(=O)c1cc(Br)ccc1OC(F)F. The van der Waals surface area contributed by atoms with Gasteiger partial charge in [-0.2, -0.15) is 13.9 Å². The summed E-state index contributed by atoms with van der Waals surface area (Å²) in [5.41, 5.74) is 2.61. The molecule has 30 heavy (non-hydrogen) atoms. The largest absolute Gasteiger partial charge is 0.434 e. The highest BCUT2D eigenvalue weighted by Gasteiger charge is 2.20. The van der Waals surface area contributed by atoms with Crippen LogP contribution in [0.2, 0.25) is 10.0 Å². The predicted octanol–water partition coefficient (Wildman–Crippen LogP) is 6.47. The van der Waals surface area contributed by atoms with Gasteiger partial charge in [0, 0.05) is 4.47 Å². The van der Waals surface area contributed by atoms with Crippen molar-refractivity contribution < 1.29 is 18.3 Å². The first kappa shape index (κ1) is 22.5. The van der Waals surface area contributed by atoms with Gasteiger partial charge in [-0.3, -0.25) is 9.48 Å². The lowest BCUT2D eigenvalue weighted by Gasteiger charge is -2.12. The second-order valence-corrected chi connectivity index (χ2v) is 8.16. The van der Waals surface area contributed by atoms with E-state index in [9.17, 15) is 13.6 Å². The molecular weight excluding hydrogens is 503 g/mol. The van der Waals surface area contributed by atoms with Crippen LogP contribution in [-0.4, -0.2) is 22.3 Å². The summed E-state index contributed by atoms with van der Waals surface area (Å²) in [6.07, 6.45) is 0. The minimum absolute atomic E-state index is 0.0271. The number of alkyl halides is 2. The molecule has 0 bridgehead atoms. The Bertz CT molecular complexity index is 1110. The van der Waals surface area contributed by atoms with E-state index in [1.807, 2.05) is 6.07 Å². The second kappa shape index (κ2) is 9.32. The van der Waals surface area contributed by atoms with Gasteiger partial charge in [0.2, 0.25) is 0 Å². The van der Waals surface area contributed by atoms with Crippen molar-refractivity contribution in [3.05, 3.63) is 73.4 Å². The average molecular weight is 519 g/mol. The Morgan fingerprint density at radius 3 is 2.60 bits per heavy atom.